The Morgan fingerprint density at radius 1 is 1.35 bits per heavy atom. The zero-order valence-electron chi connectivity index (χ0n) is 12.8. The van der Waals surface area contributed by atoms with Crippen molar-refractivity contribution in [3.63, 3.8) is 0 Å². The van der Waals surface area contributed by atoms with Gasteiger partial charge in [0.1, 0.15) is 0 Å². The van der Waals surface area contributed by atoms with Crippen molar-refractivity contribution in [2.75, 3.05) is 25.0 Å². The average molecular weight is 274 g/mol. The molecule has 1 aromatic carbocycles. The van der Waals surface area contributed by atoms with Gasteiger partial charge in [0, 0.05) is 11.7 Å². The molecule has 1 aliphatic heterocycles. The smallest absolute Gasteiger partial charge is 0.193 e. The standard InChI is InChI=1S/C16H26N4/c1-4-20-7-5-6-15(20)11-18-16(17)19-14-9-12(2)8-13(3)10-14/h8-10,15H,4-7,11H2,1-3H3,(H3,17,18,19). The van der Waals surface area contributed by atoms with Gasteiger partial charge in [-0.05, 0) is 63.0 Å². The predicted molar refractivity (Wildman–Crippen MR) is 86.3 cm³/mol. The SMILES string of the molecule is CCN1CCCC1CN=C(N)Nc1cc(C)cc(C)c1. The number of benzene rings is 1. The van der Waals surface area contributed by atoms with Gasteiger partial charge in [-0.3, -0.25) is 9.89 Å². The van der Waals surface area contributed by atoms with Gasteiger partial charge in [0.2, 0.25) is 0 Å². The Kier molecular flexibility index (Phi) is 5.01. The van der Waals surface area contributed by atoms with Crippen LogP contribution < -0.4 is 11.1 Å². The predicted octanol–water partition coefficient (Wildman–Crippen LogP) is 2.51. The van der Waals surface area contributed by atoms with E-state index in [2.05, 4.69) is 54.2 Å². The second-order valence-electron chi connectivity index (χ2n) is 5.65. The number of nitrogens with one attached hydrogen (secondary N) is 1. The zero-order chi connectivity index (χ0) is 14.5. The number of nitrogens with zero attached hydrogens (tertiary/aromatic N) is 2. The molecule has 0 saturated carbocycles. The maximum atomic E-state index is 5.99. The number of guanidine groups is 1. The van der Waals surface area contributed by atoms with E-state index in [4.69, 9.17) is 5.73 Å². The van der Waals surface area contributed by atoms with Crippen molar-refractivity contribution in [1.29, 1.82) is 0 Å². The molecule has 1 aromatic rings. The van der Waals surface area contributed by atoms with Crippen LogP contribution in [0.4, 0.5) is 5.69 Å². The first-order valence-corrected chi connectivity index (χ1v) is 7.47. The highest BCUT2D eigenvalue weighted by atomic mass is 15.2. The number of rotatable bonds is 4. The van der Waals surface area contributed by atoms with Gasteiger partial charge in [-0.1, -0.05) is 13.0 Å². The van der Waals surface area contributed by atoms with Crippen LogP contribution in [-0.2, 0) is 0 Å². The molecule has 1 atom stereocenters. The Labute approximate surface area is 122 Å². The molecule has 3 N–H and O–H groups in total. The second kappa shape index (κ2) is 6.75. The maximum absolute atomic E-state index is 5.99. The summed E-state index contributed by atoms with van der Waals surface area (Å²) in [4.78, 5) is 6.98. The van der Waals surface area contributed by atoms with Gasteiger partial charge in [-0.25, -0.2) is 0 Å². The molecule has 1 aliphatic rings. The quantitative estimate of drug-likeness (QED) is 0.655. The van der Waals surface area contributed by atoms with Gasteiger partial charge >= 0.3 is 0 Å². The third-order valence-electron chi connectivity index (χ3n) is 3.87. The molecular weight excluding hydrogens is 248 g/mol. The van der Waals surface area contributed by atoms with Crippen LogP contribution in [-0.4, -0.2) is 36.5 Å². The van der Waals surface area contributed by atoms with Gasteiger partial charge in [-0.2, -0.15) is 0 Å². The first-order chi connectivity index (χ1) is 9.58. The molecule has 20 heavy (non-hydrogen) atoms. The lowest BCUT2D eigenvalue weighted by Crippen LogP contribution is -2.33. The first kappa shape index (κ1) is 14.9. The van der Waals surface area contributed by atoms with E-state index in [0.29, 0.717) is 12.0 Å². The fraction of sp³-hybridized carbons (Fsp3) is 0.562. The van der Waals surface area contributed by atoms with E-state index < -0.39 is 0 Å². The van der Waals surface area contributed by atoms with Crippen LogP contribution in [0, 0.1) is 13.8 Å². The van der Waals surface area contributed by atoms with Gasteiger partial charge in [0.15, 0.2) is 5.96 Å². The van der Waals surface area contributed by atoms with Crippen LogP contribution in [0.3, 0.4) is 0 Å². The molecule has 2 rings (SSSR count). The Morgan fingerprint density at radius 3 is 2.70 bits per heavy atom. The highest BCUT2D eigenvalue weighted by Gasteiger charge is 2.22. The Hall–Kier alpha value is -1.55. The normalized spacial score (nSPS) is 20.4. The first-order valence-electron chi connectivity index (χ1n) is 7.47. The summed E-state index contributed by atoms with van der Waals surface area (Å²) in [6.45, 7) is 9.47. The highest BCUT2D eigenvalue weighted by Crippen LogP contribution is 2.17. The molecule has 0 aromatic heterocycles. The summed E-state index contributed by atoms with van der Waals surface area (Å²) in [7, 11) is 0. The number of hydrogen-bond donors (Lipinski definition) is 2. The van der Waals surface area contributed by atoms with Crippen molar-refractivity contribution in [2.45, 2.75) is 39.7 Å². The minimum absolute atomic E-state index is 0.512. The summed E-state index contributed by atoms with van der Waals surface area (Å²) < 4.78 is 0. The third-order valence-corrected chi connectivity index (χ3v) is 3.87. The second-order valence-corrected chi connectivity index (χ2v) is 5.65. The van der Waals surface area contributed by atoms with E-state index in [9.17, 15) is 0 Å². The fourth-order valence-corrected chi connectivity index (χ4v) is 2.96. The van der Waals surface area contributed by atoms with Crippen LogP contribution >= 0.6 is 0 Å². The van der Waals surface area contributed by atoms with Gasteiger partial charge in [-0.15, -0.1) is 0 Å². The number of likely N-dealkylation sites (N-methyl/N-ethyl adjacent to an activating group) is 1. The van der Waals surface area contributed by atoms with Crippen LogP contribution in [0.2, 0.25) is 0 Å². The van der Waals surface area contributed by atoms with Gasteiger partial charge in [0.25, 0.3) is 0 Å². The third kappa shape index (κ3) is 3.97. The summed E-state index contributed by atoms with van der Waals surface area (Å²) in [5.41, 5.74) is 9.47. The molecule has 0 amide bonds. The zero-order valence-corrected chi connectivity index (χ0v) is 12.8. The minimum atomic E-state index is 0.512. The lowest BCUT2D eigenvalue weighted by molar-refractivity contribution is 0.273. The lowest BCUT2D eigenvalue weighted by atomic mass is 10.1. The Balaban J connectivity index is 1.93. The molecule has 0 bridgehead atoms. The van der Waals surface area contributed by atoms with Crippen molar-refractivity contribution >= 4 is 11.6 Å². The minimum Gasteiger partial charge on any atom is -0.370 e. The van der Waals surface area contributed by atoms with Crippen molar-refractivity contribution in [2.24, 2.45) is 10.7 Å². The average Bonchev–Trinajstić information content (AvgIpc) is 2.82. The number of aryl methyl sites for hydroxylation is 2. The van der Waals surface area contributed by atoms with Crippen LogP contribution in [0.15, 0.2) is 23.2 Å². The summed E-state index contributed by atoms with van der Waals surface area (Å²) in [5.74, 6) is 0.512. The molecule has 0 aliphatic carbocycles. The molecule has 110 valence electrons. The maximum Gasteiger partial charge on any atom is 0.193 e. The van der Waals surface area contributed by atoms with Crippen molar-refractivity contribution in [3.05, 3.63) is 29.3 Å². The molecule has 1 saturated heterocycles. The van der Waals surface area contributed by atoms with Crippen molar-refractivity contribution in [3.8, 4) is 0 Å². The lowest BCUT2D eigenvalue weighted by Gasteiger charge is -2.21. The Morgan fingerprint density at radius 2 is 2.05 bits per heavy atom. The van der Waals surface area contributed by atoms with E-state index in [-0.39, 0.29) is 0 Å². The van der Waals surface area contributed by atoms with Gasteiger partial charge < -0.3 is 11.1 Å². The van der Waals surface area contributed by atoms with E-state index in [1.165, 1.54) is 30.5 Å². The monoisotopic (exact) mass is 274 g/mol. The topological polar surface area (TPSA) is 53.6 Å². The summed E-state index contributed by atoms with van der Waals surface area (Å²) >= 11 is 0. The number of hydrogen-bond acceptors (Lipinski definition) is 2. The van der Waals surface area contributed by atoms with E-state index in [1.54, 1.807) is 0 Å². The van der Waals surface area contributed by atoms with E-state index in [0.717, 1.165) is 18.8 Å². The number of likely N-dealkylation sites (tertiary alicyclic amines) is 1. The molecule has 4 nitrogen and oxygen atoms in total. The van der Waals surface area contributed by atoms with Crippen molar-refractivity contribution in [1.82, 2.24) is 4.90 Å². The van der Waals surface area contributed by atoms with Crippen LogP contribution in [0.1, 0.15) is 30.9 Å². The summed E-state index contributed by atoms with van der Waals surface area (Å²) in [6.07, 6.45) is 2.51. The molecule has 1 fully saturated rings. The van der Waals surface area contributed by atoms with E-state index in [1.807, 2.05) is 0 Å². The highest BCUT2D eigenvalue weighted by molar-refractivity contribution is 5.92. The van der Waals surface area contributed by atoms with Crippen molar-refractivity contribution < 1.29 is 0 Å². The molecule has 4 heteroatoms. The number of anilines is 1. The summed E-state index contributed by atoms with van der Waals surface area (Å²) in [5, 5.41) is 3.19. The molecule has 1 unspecified atom stereocenters. The van der Waals surface area contributed by atoms with Crippen LogP contribution in [0.25, 0.3) is 0 Å². The molecule has 0 radical (unpaired) electrons. The number of nitrogens with two attached hydrogens (primary N) is 1. The molecule has 0 spiro atoms. The van der Waals surface area contributed by atoms with Gasteiger partial charge in [0.05, 0.1) is 6.54 Å². The molecular formula is C16H26N4. The largest absolute Gasteiger partial charge is 0.370 e. The van der Waals surface area contributed by atoms with E-state index >= 15 is 0 Å². The number of aliphatic imine (C=N–C) groups is 1. The molecule has 1 heterocycles. The van der Waals surface area contributed by atoms with Crippen LogP contribution in [0.5, 0.6) is 0 Å². The Bertz CT molecular complexity index is 461. The summed E-state index contributed by atoms with van der Waals surface area (Å²) in [6, 6.07) is 6.88. The fourth-order valence-electron chi connectivity index (χ4n) is 2.96.